The third-order valence-corrected chi connectivity index (χ3v) is 5.66. The molecule has 2 rings (SSSR count). The van der Waals surface area contributed by atoms with Crippen LogP contribution < -0.4 is 10.6 Å². The summed E-state index contributed by atoms with van der Waals surface area (Å²) in [6.07, 6.45) is -0.858. The molecule has 2 aromatic rings. The Balaban J connectivity index is 2.07. The van der Waals surface area contributed by atoms with Crippen molar-refractivity contribution in [3.8, 4) is 11.3 Å². The van der Waals surface area contributed by atoms with Gasteiger partial charge in [0.2, 0.25) is 5.91 Å². The fourth-order valence-electron chi connectivity index (χ4n) is 2.97. The number of aromatic nitrogens is 1. The Bertz CT molecular complexity index is 955. The number of amides is 4. The number of hydroxylamine groups is 2. The number of hydrogen-bond acceptors (Lipinski definition) is 7. The summed E-state index contributed by atoms with van der Waals surface area (Å²) >= 11 is 1.24. The molecule has 0 bridgehead atoms. The standard InChI is InChI=1S/C23H32N4O5S/c1-14(2)11-12-17(28)20(30)27(32)22(31)25-18(23(3,4)5)19(29)26-21-24-16(13-33-21)15-9-7-6-8-10-15/h6-10,13-14,17-18,28,32H,11-12H2,1-5H3,(H,25,31)(H,24,26,29)/t17-,18+/m0/s1. The highest BCUT2D eigenvalue weighted by Gasteiger charge is 2.36. The number of thiazole rings is 1. The van der Waals surface area contributed by atoms with Crippen LogP contribution in [0.2, 0.25) is 0 Å². The lowest BCUT2D eigenvalue weighted by atomic mass is 9.86. The first-order valence-electron chi connectivity index (χ1n) is 10.7. The summed E-state index contributed by atoms with van der Waals surface area (Å²) in [6.45, 7) is 9.05. The number of imide groups is 1. The second kappa shape index (κ2) is 11.4. The summed E-state index contributed by atoms with van der Waals surface area (Å²) < 4.78 is 0. The van der Waals surface area contributed by atoms with E-state index in [2.05, 4.69) is 15.6 Å². The molecule has 10 heteroatoms. The van der Waals surface area contributed by atoms with Crippen LogP contribution in [0, 0.1) is 11.3 Å². The molecule has 0 fully saturated rings. The maximum atomic E-state index is 13.0. The van der Waals surface area contributed by atoms with Gasteiger partial charge in [-0.25, -0.2) is 9.78 Å². The van der Waals surface area contributed by atoms with Crippen molar-refractivity contribution in [3.63, 3.8) is 0 Å². The van der Waals surface area contributed by atoms with Crippen LogP contribution in [-0.4, -0.2) is 50.4 Å². The number of carbonyl (C=O) groups is 3. The minimum atomic E-state index is -1.52. The molecule has 0 aliphatic rings. The van der Waals surface area contributed by atoms with Crippen molar-refractivity contribution in [3.05, 3.63) is 35.7 Å². The van der Waals surface area contributed by atoms with Crippen LogP contribution in [0.4, 0.5) is 9.93 Å². The fraction of sp³-hybridized carbons (Fsp3) is 0.478. The molecule has 0 radical (unpaired) electrons. The van der Waals surface area contributed by atoms with Gasteiger partial charge < -0.3 is 15.7 Å². The van der Waals surface area contributed by atoms with Crippen molar-refractivity contribution in [2.45, 2.75) is 59.6 Å². The molecular weight excluding hydrogens is 444 g/mol. The molecule has 2 atom stereocenters. The molecule has 0 aliphatic heterocycles. The lowest BCUT2D eigenvalue weighted by Gasteiger charge is -2.31. The van der Waals surface area contributed by atoms with Crippen molar-refractivity contribution in [2.24, 2.45) is 11.3 Å². The molecule has 0 saturated carbocycles. The molecule has 0 spiro atoms. The van der Waals surface area contributed by atoms with E-state index in [0.29, 0.717) is 17.2 Å². The Morgan fingerprint density at radius 1 is 1.12 bits per heavy atom. The molecular formula is C23H32N4O5S. The van der Waals surface area contributed by atoms with E-state index in [0.717, 1.165) is 5.56 Å². The first kappa shape index (κ1) is 26.4. The molecule has 9 nitrogen and oxygen atoms in total. The number of carbonyl (C=O) groups excluding carboxylic acids is 3. The number of benzene rings is 1. The van der Waals surface area contributed by atoms with E-state index in [4.69, 9.17) is 0 Å². The minimum absolute atomic E-state index is 0.109. The topological polar surface area (TPSA) is 132 Å². The highest BCUT2D eigenvalue weighted by molar-refractivity contribution is 7.14. The summed E-state index contributed by atoms with van der Waals surface area (Å²) in [5, 5.41) is 27.0. The van der Waals surface area contributed by atoms with Gasteiger partial charge >= 0.3 is 6.03 Å². The van der Waals surface area contributed by atoms with Crippen molar-refractivity contribution < 1.29 is 24.7 Å². The predicted octanol–water partition coefficient (Wildman–Crippen LogP) is 3.89. The van der Waals surface area contributed by atoms with Crippen LogP contribution in [0.1, 0.15) is 47.5 Å². The lowest BCUT2D eigenvalue weighted by molar-refractivity contribution is -0.163. The van der Waals surface area contributed by atoms with Crippen LogP contribution in [-0.2, 0) is 9.59 Å². The Kier molecular flexibility index (Phi) is 9.09. The number of rotatable bonds is 8. The van der Waals surface area contributed by atoms with Crippen LogP contribution in [0.15, 0.2) is 35.7 Å². The summed E-state index contributed by atoms with van der Waals surface area (Å²) in [4.78, 5) is 42.0. The highest BCUT2D eigenvalue weighted by atomic mass is 32.1. The highest BCUT2D eigenvalue weighted by Crippen LogP contribution is 2.26. The molecule has 33 heavy (non-hydrogen) atoms. The molecule has 1 aromatic carbocycles. The Hall–Kier alpha value is -2.82. The van der Waals surface area contributed by atoms with Crippen molar-refractivity contribution in [1.82, 2.24) is 15.4 Å². The summed E-state index contributed by atoms with van der Waals surface area (Å²) in [5.74, 6) is -1.45. The van der Waals surface area contributed by atoms with Gasteiger partial charge in [-0.05, 0) is 24.2 Å². The van der Waals surface area contributed by atoms with Crippen LogP contribution >= 0.6 is 11.3 Å². The number of anilines is 1. The fourth-order valence-corrected chi connectivity index (χ4v) is 3.69. The second-order valence-corrected chi connectivity index (χ2v) is 10.1. The van der Waals surface area contributed by atoms with E-state index >= 15 is 0 Å². The van der Waals surface area contributed by atoms with E-state index in [1.54, 1.807) is 20.8 Å². The number of hydrogen-bond donors (Lipinski definition) is 4. The monoisotopic (exact) mass is 476 g/mol. The predicted molar refractivity (Wildman–Crippen MR) is 127 cm³/mol. The van der Waals surface area contributed by atoms with Gasteiger partial charge in [0, 0.05) is 10.9 Å². The van der Waals surface area contributed by atoms with Gasteiger partial charge in [-0.15, -0.1) is 16.4 Å². The van der Waals surface area contributed by atoms with E-state index < -0.39 is 35.4 Å². The lowest BCUT2D eigenvalue weighted by Crippen LogP contribution is -2.56. The number of nitrogens with zero attached hydrogens (tertiary/aromatic N) is 2. The molecule has 0 saturated heterocycles. The van der Waals surface area contributed by atoms with Gasteiger partial charge in [0.05, 0.1) is 5.69 Å². The summed E-state index contributed by atoms with van der Waals surface area (Å²) in [7, 11) is 0. The van der Waals surface area contributed by atoms with Gasteiger partial charge in [0.15, 0.2) is 5.13 Å². The number of aliphatic hydroxyl groups excluding tert-OH is 1. The van der Waals surface area contributed by atoms with Crippen molar-refractivity contribution in [1.29, 1.82) is 0 Å². The van der Waals surface area contributed by atoms with E-state index in [1.165, 1.54) is 11.3 Å². The first-order valence-corrected chi connectivity index (χ1v) is 11.6. The number of aliphatic hydroxyl groups is 1. The molecule has 0 aliphatic carbocycles. The zero-order valence-electron chi connectivity index (χ0n) is 19.5. The minimum Gasteiger partial charge on any atom is -0.383 e. The Labute approximate surface area is 197 Å². The molecule has 1 aromatic heterocycles. The molecule has 0 unspecified atom stereocenters. The van der Waals surface area contributed by atoms with Gasteiger partial charge in [-0.1, -0.05) is 65.0 Å². The van der Waals surface area contributed by atoms with Gasteiger partial charge in [-0.3, -0.25) is 14.8 Å². The number of urea groups is 1. The Morgan fingerprint density at radius 2 is 1.76 bits per heavy atom. The average molecular weight is 477 g/mol. The third-order valence-electron chi connectivity index (χ3n) is 4.90. The van der Waals surface area contributed by atoms with Crippen LogP contribution in [0.3, 0.4) is 0 Å². The van der Waals surface area contributed by atoms with Gasteiger partial charge in [0.1, 0.15) is 12.1 Å². The normalized spacial score (nSPS) is 13.3. The SMILES string of the molecule is CC(C)CC[C@H](O)C(=O)N(O)C(=O)N[C@H](C(=O)Nc1nc(-c2ccccc2)cs1)C(C)(C)C. The van der Waals surface area contributed by atoms with Gasteiger partial charge in [-0.2, -0.15) is 0 Å². The molecule has 4 N–H and O–H groups in total. The van der Waals surface area contributed by atoms with E-state index in [1.807, 2.05) is 49.6 Å². The average Bonchev–Trinajstić information content (AvgIpc) is 3.22. The third kappa shape index (κ3) is 7.62. The zero-order chi connectivity index (χ0) is 24.8. The maximum Gasteiger partial charge on any atom is 0.349 e. The van der Waals surface area contributed by atoms with Gasteiger partial charge in [0.25, 0.3) is 5.91 Å². The summed E-state index contributed by atoms with van der Waals surface area (Å²) in [5.41, 5.74) is 0.856. The quantitative estimate of drug-likeness (QED) is 0.338. The van der Waals surface area contributed by atoms with Crippen LogP contribution in [0.25, 0.3) is 11.3 Å². The van der Waals surface area contributed by atoms with Crippen molar-refractivity contribution in [2.75, 3.05) is 5.32 Å². The van der Waals surface area contributed by atoms with Crippen molar-refractivity contribution >= 4 is 34.3 Å². The second-order valence-electron chi connectivity index (χ2n) is 9.28. The van der Waals surface area contributed by atoms with E-state index in [9.17, 15) is 24.7 Å². The number of nitrogens with one attached hydrogen (secondary N) is 2. The Morgan fingerprint density at radius 3 is 2.33 bits per heavy atom. The molecule has 1 heterocycles. The molecule has 180 valence electrons. The maximum absolute atomic E-state index is 13.0. The van der Waals surface area contributed by atoms with E-state index in [-0.39, 0.29) is 17.4 Å². The smallest absolute Gasteiger partial charge is 0.349 e. The van der Waals surface area contributed by atoms with Crippen LogP contribution in [0.5, 0.6) is 0 Å². The summed E-state index contributed by atoms with van der Waals surface area (Å²) in [6, 6.07) is 7.20. The zero-order valence-corrected chi connectivity index (χ0v) is 20.3. The molecule has 4 amide bonds. The largest absolute Gasteiger partial charge is 0.383 e. The first-order chi connectivity index (χ1) is 15.4.